The molecule has 124 valence electrons. The van der Waals surface area contributed by atoms with E-state index in [4.69, 9.17) is 0 Å². The third-order valence-electron chi connectivity index (χ3n) is 3.69. The number of nitrogens with one attached hydrogen (secondary N) is 1. The number of hydrogen-bond donors (Lipinski definition) is 1. The second-order valence-electron chi connectivity index (χ2n) is 6.83. The van der Waals surface area contributed by atoms with Gasteiger partial charge in [0.05, 0.1) is 0 Å². The van der Waals surface area contributed by atoms with E-state index in [1.165, 1.54) is 12.5 Å². The Morgan fingerprint density at radius 1 is 0.917 bits per heavy atom. The molecule has 0 radical (unpaired) electrons. The largest absolute Gasteiger partial charge is 0.326 e. The lowest BCUT2D eigenvalue weighted by Crippen LogP contribution is -2.11. The van der Waals surface area contributed by atoms with Gasteiger partial charge in [0.1, 0.15) is 0 Å². The summed E-state index contributed by atoms with van der Waals surface area (Å²) in [5, 5.41) is 2.71. The predicted molar refractivity (Wildman–Crippen MR) is 99.3 cm³/mol. The highest BCUT2D eigenvalue weighted by Gasteiger charge is 2.13. The van der Waals surface area contributed by atoms with Gasteiger partial charge in [0.25, 0.3) is 0 Å². The molecule has 2 rings (SSSR count). The number of allylic oxidation sites excluding steroid dienone is 1. The zero-order valence-corrected chi connectivity index (χ0v) is 14.6. The summed E-state index contributed by atoms with van der Waals surface area (Å²) in [6.45, 7) is 7.91. The van der Waals surface area contributed by atoms with Gasteiger partial charge in [0.15, 0.2) is 5.78 Å². The van der Waals surface area contributed by atoms with Crippen molar-refractivity contribution < 1.29 is 9.59 Å². The highest BCUT2D eigenvalue weighted by atomic mass is 16.1. The van der Waals surface area contributed by atoms with Crippen molar-refractivity contribution in [1.29, 1.82) is 0 Å². The number of amides is 1. The molecule has 0 aliphatic rings. The third kappa shape index (κ3) is 4.92. The smallest absolute Gasteiger partial charge is 0.221 e. The molecule has 1 N–H and O–H groups in total. The monoisotopic (exact) mass is 321 g/mol. The van der Waals surface area contributed by atoms with Crippen molar-refractivity contribution in [2.24, 2.45) is 0 Å². The average molecular weight is 321 g/mol. The van der Waals surface area contributed by atoms with Crippen LogP contribution in [0.25, 0.3) is 6.08 Å². The van der Waals surface area contributed by atoms with Crippen LogP contribution in [0.3, 0.4) is 0 Å². The van der Waals surface area contributed by atoms with Crippen LogP contribution in [-0.2, 0) is 10.2 Å². The minimum atomic E-state index is -0.104. The van der Waals surface area contributed by atoms with Gasteiger partial charge in [-0.15, -0.1) is 0 Å². The Balaban J connectivity index is 2.06. The maximum absolute atomic E-state index is 12.2. The SMILES string of the molecule is CC(=O)Nc1ccc(/C=C/C(=O)c2ccc(C(C)(C)C)cc2)cc1. The van der Waals surface area contributed by atoms with Crippen molar-refractivity contribution in [3.05, 3.63) is 71.3 Å². The van der Waals surface area contributed by atoms with E-state index in [0.29, 0.717) is 5.56 Å². The molecule has 3 heteroatoms. The van der Waals surface area contributed by atoms with Crippen molar-refractivity contribution in [3.63, 3.8) is 0 Å². The second-order valence-corrected chi connectivity index (χ2v) is 6.83. The minimum absolute atomic E-state index is 0.0265. The minimum Gasteiger partial charge on any atom is -0.326 e. The summed E-state index contributed by atoms with van der Waals surface area (Å²) in [6, 6.07) is 15.1. The molecule has 0 bridgehead atoms. The summed E-state index contributed by atoms with van der Waals surface area (Å²) in [5.41, 5.74) is 3.60. The molecule has 0 saturated carbocycles. The van der Waals surface area contributed by atoms with Gasteiger partial charge in [-0.05, 0) is 34.8 Å². The van der Waals surface area contributed by atoms with Gasteiger partial charge in [-0.2, -0.15) is 0 Å². The Morgan fingerprint density at radius 3 is 2.00 bits per heavy atom. The Morgan fingerprint density at radius 2 is 1.50 bits per heavy atom. The van der Waals surface area contributed by atoms with Gasteiger partial charge >= 0.3 is 0 Å². The van der Waals surface area contributed by atoms with Gasteiger partial charge in [-0.25, -0.2) is 0 Å². The molecule has 0 aromatic heterocycles. The molecular formula is C21H23NO2. The summed E-state index contributed by atoms with van der Waals surface area (Å²) in [6.07, 6.45) is 3.34. The zero-order chi connectivity index (χ0) is 17.7. The first-order chi connectivity index (χ1) is 11.3. The lowest BCUT2D eigenvalue weighted by Gasteiger charge is -2.18. The molecule has 2 aromatic rings. The number of carbonyl (C=O) groups is 2. The van der Waals surface area contributed by atoms with Crippen molar-refractivity contribution in [2.75, 3.05) is 5.32 Å². The highest BCUT2D eigenvalue weighted by Crippen LogP contribution is 2.22. The van der Waals surface area contributed by atoms with Gasteiger partial charge < -0.3 is 5.32 Å². The summed E-state index contributed by atoms with van der Waals surface area (Å²) in [4.78, 5) is 23.2. The van der Waals surface area contributed by atoms with E-state index in [0.717, 1.165) is 11.3 Å². The lowest BCUT2D eigenvalue weighted by molar-refractivity contribution is -0.114. The molecule has 0 atom stereocenters. The van der Waals surface area contributed by atoms with Crippen LogP contribution in [0.4, 0.5) is 5.69 Å². The highest BCUT2D eigenvalue weighted by molar-refractivity contribution is 6.06. The number of benzene rings is 2. The summed E-state index contributed by atoms with van der Waals surface area (Å²) >= 11 is 0. The van der Waals surface area contributed by atoms with Crippen LogP contribution in [0.15, 0.2) is 54.6 Å². The maximum atomic E-state index is 12.2. The Kier molecular flexibility index (Phi) is 5.35. The number of rotatable bonds is 4. The Bertz CT molecular complexity index is 748. The van der Waals surface area contributed by atoms with Crippen LogP contribution in [0.5, 0.6) is 0 Å². The van der Waals surface area contributed by atoms with Crippen molar-refractivity contribution >= 4 is 23.5 Å². The molecule has 0 aliphatic heterocycles. The summed E-state index contributed by atoms with van der Waals surface area (Å²) in [5.74, 6) is -0.131. The molecule has 0 saturated heterocycles. The van der Waals surface area contributed by atoms with Crippen molar-refractivity contribution in [3.8, 4) is 0 Å². The maximum Gasteiger partial charge on any atom is 0.221 e. The van der Waals surface area contributed by atoms with E-state index in [1.807, 2.05) is 48.5 Å². The summed E-state index contributed by atoms with van der Waals surface area (Å²) < 4.78 is 0. The standard InChI is InChI=1S/C21H23NO2/c1-15(23)22-19-12-5-16(6-13-19)7-14-20(24)17-8-10-18(11-9-17)21(2,3)4/h5-14H,1-4H3,(H,22,23)/b14-7+. The van der Waals surface area contributed by atoms with Crippen LogP contribution >= 0.6 is 0 Å². The third-order valence-corrected chi connectivity index (χ3v) is 3.69. The number of anilines is 1. The molecule has 3 nitrogen and oxygen atoms in total. The number of ketones is 1. The molecule has 0 spiro atoms. The van der Waals surface area contributed by atoms with E-state index < -0.39 is 0 Å². The fourth-order valence-electron chi connectivity index (χ4n) is 2.28. The average Bonchev–Trinajstić information content (AvgIpc) is 2.52. The molecule has 0 aliphatic carbocycles. The van der Waals surface area contributed by atoms with Crippen molar-refractivity contribution in [2.45, 2.75) is 33.1 Å². The van der Waals surface area contributed by atoms with Crippen LogP contribution in [0.2, 0.25) is 0 Å². The Labute approximate surface area is 143 Å². The molecule has 24 heavy (non-hydrogen) atoms. The second kappa shape index (κ2) is 7.26. The van der Waals surface area contributed by atoms with Crippen molar-refractivity contribution in [1.82, 2.24) is 0 Å². The van der Waals surface area contributed by atoms with Crippen LogP contribution < -0.4 is 5.32 Å². The van der Waals surface area contributed by atoms with E-state index in [2.05, 4.69) is 26.1 Å². The normalized spacial score (nSPS) is 11.5. The number of carbonyl (C=O) groups excluding carboxylic acids is 2. The van der Waals surface area contributed by atoms with E-state index in [9.17, 15) is 9.59 Å². The van der Waals surface area contributed by atoms with Gasteiger partial charge in [-0.1, -0.05) is 63.2 Å². The van der Waals surface area contributed by atoms with Crippen LogP contribution in [0.1, 0.15) is 49.2 Å². The number of hydrogen-bond acceptors (Lipinski definition) is 2. The molecular weight excluding hydrogens is 298 g/mol. The fourth-order valence-corrected chi connectivity index (χ4v) is 2.28. The fraction of sp³-hybridized carbons (Fsp3) is 0.238. The Hall–Kier alpha value is -2.68. The first-order valence-corrected chi connectivity index (χ1v) is 7.96. The molecule has 0 fully saturated rings. The zero-order valence-electron chi connectivity index (χ0n) is 14.6. The lowest BCUT2D eigenvalue weighted by atomic mass is 9.86. The first-order valence-electron chi connectivity index (χ1n) is 7.96. The molecule has 2 aromatic carbocycles. The molecule has 0 heterocycles. The quantitative estimate of drug-likeness (QED) is 0.647. The van der Waals surface area contributed by atoms with Crippen LogP contribution in [0, 0.1) is 0 Å². The predicted octanol–water partition coefficient (Wildman–Crippen LogP) is 4.84. The summed E-state index contributed by atoms with van der Waals surface area (Å²) in [7, 11) is 0. The van der Waals surface area contributed by atoms with Crippen LogP contribution in [-0.4, -0.2) is 11.7 Å². The molecule has 0 unspecified atom stereocenters. The topological polar surface area (TPSA) is 46.2 Å². The van der Waals surface area contributed by atoms with E-state index in [-0.39, 0.29) is 17.1 Å². The van der Waals surface area contributed by atoms with Gasteiger partial charge in [0, 0.05) is 18.2 Å². The van der Waals surface area contributed by atoms with E-state index in [1.54, 1.807) is 12.2 Å². The van der Waals surface area contributed by atoms with E-state index >= 15 is 0 Å². The molecule has 1 amide bonds. The van der Waals surface area contributed by atoms with Gasteiger partial charge in [0.2, 0.25) is 5.91 Å². The first kappa shape index (κ1) is 17.7. The van der Waals surface area contributed by atoms with Gasteiger partial charge in [-0.3, -0.25) is 9.59 Å².